The van der Waals surface area contributed by atoms with Crippen molar-refractivity contribution < 1.29 is 24.2 Å². The Morgan fingerprint density at radius 3 is 2.16 bits per heavy atom. The summed E-state index contributed by atoms with van der Waals surface area (Å²) in [5.74, 6) is 0.617. The van der Waals surface area contributed by atoms with Gasteiger partial charge in [0.15, 0.2) is 5.60 Å². The largest absolute Gasteiger partial charge is 0.478 e. The molecule has 2 aromatic rings. The first kappa shape index (κ1) is 31.7. The lowest BCUT2D eigenvalue weighted by Crippen LogP contribution is -2.56. The van der Waals surface area contributed by atoms with Crippen LogP contribution in [0, 0.1) is 5.92 Å². The van der Waals surface area contributed by atoms with E-state index in [1.54, 1.807) is 18.7 Å². The highest BCUT2D eigenvalue weighted by Gasteiger charge is 2.38. The van der Waals surface area contributed by atoms with Crippen molar-refractivity contribution in [3.63, 3.8) is 0 Å². The number of benzene rings is 2. The van der Waals surface area contributed by atoms with E-state index >= 15 is 0 Å². The van der Waals surface area contributed by atoms with Gasteiger partial charge in [-0.3, -0.25) is 9.59 Å². The van der Waals surface area contributed by atoms with Gasteiger partial charge < -0.3 is 29.4 Å². The van der Waals surface area contributed by atoms with Crippen molar-refractivity contribution in [1.29, 1.82) is 0 Å². The molecule has 2 heterocycles. The average molecular weight is 605 g/mol. The number of anilines is 1. The zero-order chi connectivity index (χ0) is 31.6. The molecule has 1 saturated carbocycles. The van der Waals surface area contributed by atoms with Crippen molar-refractivity contribution in [2.75, 3.05) is 44.2 Å². The molecule has 3 amide bonds. The van der Waals surface area contributed by atoms with Gasteiger partial charge in [0.2, 0.25) is 5.91 Å². The summed E-state index contributed by atoms with van der Waals surface area (Å²) in [5, 5.41) is 9.22. The Kier molecular flexibility index (Phi) is 9.14. The van der Waals surface area contributed by atoms with Crippen LogP contribution >= 0.6 is 0 Å². The van der Waals surface area contributed by atoms with Crippen molar-refractivity contribution in [2.45, 2.75) is 83.9 Å². The maximum atomic E-state index is 13.9. The van der Waals surface area contributed by atoms with E-state index in [9.17, 15) is 19.5 Å². The van der Waals surface area contributed by atoms with Gasteiger partial charge in [0.1, 0.15) is 5.75 Å². The molecule has 0 bridgehead atoms. The number of hydrogen-bond acceptors (Lipinski definition) is 5. The number of carboxylic acid groups (broad SMARTS) is 1. The summed E-state index contributed by atoms with van der Waals surface area (Å²) in [6.45, 7) is 13.6. The van der Waals surface area contributed by atoms with Crippen molar-refractivity contribution >= 4 is 23.6 Å². The fourth-order valence-corrected chi connectivity index (χ4v) is 6.29. The number of rotatable bonds is 8. The molecule has 2 aromatic carbocycles. The first-order valence-corrected chi connectivity index (χ1v) is 16.0. The van der Waals surface area contributed by atoms with E-state index < -0.39 is 11.7 Å². The molecule has 5 rings (SSSR count). The highest BCUT2D eigenvalue weighted by molar-refractivity contribution is 5.85. The van der Waals surface area contributed by atoms with Crippen LogP contribution in [0.15, 0.2) is 48.5 Å². The monoisotopic (exact) mass is 604 g/mol. The van der Waals surface area contributed by atoms with E-state index in [4.69, 9.17) is 4.74 Å². The number of nitrogens with zero attached hydrogens (tertiary/aromatic N) is 4. The Bertz CT molecular complexity index is 1340. The molecule has 0 aromatic heterocycles. The van der Waals surface area contributed by atoms with E-state index in [-0.39, 0.29) is 23.1 Å². The van der Waals surface area contributed by atoms with Gasteiger partial charge in [-0.1, -0.05) is 51.1 Å². The molecule has 1 atom stereocenters. The van der Waals surface area contributed by atoms with Gasteiger partial charge in [0, 0.05) is 63.6 Å². The summed E-state index contributed by atoms with van der Waals surface area (Å²) in [7, 11) is 0. The molecule has 238 valence electrons. The van der Waals surface area contributed by atoms with Crippen molar-refractivity contribution in [3.05, 3.63) is 59.7 Å². The van der Waals surface area contributed by atoms with Crippen LogP contribution in [0.5, 0.6) is 5.75 Å². The Hall–Kier alpha value is -3.75. The molecule has 0 radical (unpaired) electrons. The van der Waals surface area contributed by atoms with Gasteiger partial charge in [0.25, 0.3) is 5.91 Å². The summed E-state index contributed by atoms with van der Waals surface area (Å²) in [4.78, 5) is 45.8. The van der Waals surface area contributed by atoms with Crippen LogP contribution in [0.1, 0.15) is 71.4 Å². The van der Waals surface area contributed by atoms with Crippen LogP contribution in [-0.2, 0) is 21.5 Å². The second-order valence-corrected chi connectivity index (χ2v) is 14.1. The summed E-state index contributed by atoms with van der Waals surface area (Å²) in [5.41, 5.74) is 2.44. The molecule has 1 N–H and O–H groups in total. The molecule has 1 aliphatic carbocycles. The minimum atomic E-state index is -1.11. The molecular weight excluding hydrogens is 556 g/mol. The van der Waals surface area contributed by atoms with Gasteiger partial charge in [-0.15, -0.1) is 0 Å². The smallest absolute Gasteiger partial charge is 0.407 e. The molecule has 2 saturated heterocycles. The number of carbonyl (C=O) groups is 3. The molecule has 9 nitrogen and oxygen atoms in total. The number of piperidine rings is 1. The third kappa shape index (κ3) is 7.48. The second-order valence-electron chi connectivity index (χ2n) is 14.1. The predicted molar refractivity (Wildman–Crippen MR) is 171 cm³/mol. The normalized spacial score (nSPS) is 19.5. The lowest BCUT2D eigenvalue weighted by molar-refractivity contribution is -0.147. The maximum Gasteiger partial charge on any atom is 0.407 e. The van der Waals surface area contributed by atoms with Crippen LogP contribution in [0.2, 0.25) is 0 Å². The Labute approximate surface area is 261 Å². The molecule has 3 fully saturated rings. The number of piperazine rings is 1. The van der Waals surface area contributed by atoms with Crippen LogP contribution in [0.4, 0.5) is 10.5 Å². The number of ether oxygens (including phenoxy) is 1. The maximum absolute atomic E-state index is 13.9. The van der Waals surface area contributed by atoms with E-state index in [0.717, 1.165) is 37.9 Å². The fraction of sp³-hybridized carbons (Fsp3) is 0.571. The molecule has 2 aliphatic heterocycles. The van der Waals surface area contributed by atoms with Gasteiger partial charge in [-0.05, 0) is 68.2 Å². The SMILES string of the molecule is CC(C)(Oc1cccc(N2CCC[C@@H](C(=O)N(Cc3ccc(C(C)(C)C)cc3)C3CC3)C2)c1)C(=O)N1CCN(C(=O)O)CC1. The average Bonchev–Trinajstić information content (AvgIpc) is 3.84. The topological polar surface area (TPSA) is 93.6 Å². The van der Waals surface area contributed by atoms with E-state index in [2.05, 4.69) is 54.8 Å². The molecule has 0 spiro atoms. The van der Waals surface area contributed by atoms with E-state index in [1.165, 1.54) is 16.0 Å². The van der Waals surface area contributed by atoms with Gasteiger partial charge in [-0.25, -0.2) is 4.79 Å². The number of hydrogen-bond donors (Lipinski definition) is 1. The zero-order valence-corrected chi connectivity index (χ0v) is 26.9. The van der Waals surface area contributed by atoms with Crippen LogP contribution in [0.25, 0.3) is 0 Å². The number of amides is 3. The third-order valence-corrected chi connectivity index (χ3v) is 9.12. The summed E-state index contributed by atoms with van der Waals surface area (Å²) in [6, 6.07) is 16.8. The van der Waals surface area contributed by atoms with Crippen molar-refractivity contribution in [2.24, 2.45) is 5.92 Å². The highest BCUT2D eigenvalue weighted by atomic mass is 16.5. The van der Waals surface area contributed by atoms with Crippen molar-refractivity contribution in [1.82, 2.24) is 14.7 Å². The summed E-state index contributed by atoms with van der Waals surface area (Å²) in [6.07, 6.45) is 3.01. The Balaban J connectivity index is 1.22. The van der Waals surface area contributed by atoms with E-state index in [0.29, 0.717) is 51.1 Å². The third-order valence-electron chi connectivity index (χ3n) is 9.12. The lowest BCUT2D eigenvalue weighted by atomic mass is 9.86. The molecule has 9 heteroatoms. The standard InChI is InChI=1S/C35H48N4O5/c1-34(2,3)27-13-11-25(12-14-27)23-39(28-15-16-28)31(40)26-8-7-17-38(24-26)29-9-6-10-30(22-29)44-35(4,5)32(41)36-18-20-37(21-19-36)33(42)43/h6,9-14,22,26,28H,7-8,15-21,23-24H2,1-5H3,(H,42,43)/t26-/m1/s1. The van der Waals surface area contributed by atoms with E-state index in [1.807, 2.05) is 24.3 Å². The minimum Gasteiger partial charge on any atom is -0.478 e. The van der Waals surface area contributed by atoms with Crippen LogP contribution in [0.3, 0.4) is 0 Å². The Morgan fingerprint density at radius 1 is 0.886 bits per heavy atom. The van der Waals surface area contributed by atoms with Gasteiger partial charge in [-0.2, -0.15) is 0 Å². The molecule has 3 aliphatic rings. The molecule has 0 unspecified atom stereocenters. The van der Waals surface area contributed by atoms with Crippen LogP contribution in [-0.4, -0.2) is 88.6 Å². The van der Waals surface area contributed by atoms with Crippen molar-refractivity contribution in [3.8, 4) is 5.75 Å². The van der Waals surface area contributed by atoms with Gasteiger partial charge >= 0.3 is 6.09 Å². The summed E-state index contributed by atoms with van der Waals surface area (Å²) < 4.78 is 6.25. The lowest BCUT2D eigenvalue weighted by Gasteiger charge is -2.38. The molecular formula is C35H48N4O5. The quantitative estimate of drug-likeness (QED) is 0.436. The predicted octanol–water partition coefficient (Wildman–Crippen LogP) is 5.37. The number of carbonyl (C=O) groups excluding carboxylic acids is 2. The first-order chi connectivity index (χ1) is 20.8. The highest BCUT2D eigenvalue weighted by Crippen LogP contribution is 2.34. The minimum absolute atomic E-state index is 0.0646. The summed E-state index contributed by atoms with van der Waals surface area (Å²) >= 11 is 0. The Morgan fingerprint density at radius 2 is 1.55 bits per heavy atom. The molecule has 44 heavy (non-hydrogen) atoms. The fourth-order valence-electron chi connectivity index (χ4n) is 6.29. The van der Waals surface area contributed by atoms with Gasteiger partial charge in [0.05, 0.1) is 5.92 Å². The first-order valence-electron chi connectivity index (χ1n) is 16.0. The van der Waals surface area contributed by atoms with Crippen LogP contribution < -0.4 is 9.64 Å². The second kappa shape index (κ2) is 12.7. The zero-order valence-electron chi connectivity index (χ0n) is 26.9.